The van der Waals surface area contributed by atoms with Crippen LogP contribution in [0.4, 0.5) is 19.8 Å². The minimum Gasteiger partial charge on any atom is -0.443 e. The molecule has 1 aromatic heterocycles. The standard InChI is InChI=1S/C30H46FN4O10PS2/c1-19-20(18-43-46(40,41-15-11-13-32)42-16-17-47-24(36)28(2,3)4)48-23(22(19)31)34-14-12-21(33-25(34)37)35(26(38)44-29(5,6)7)27(39)45-30(8,9)10/h12,14,19-20,22-23H,11,15-18H2,1-10H3/t19-,20-,22+,23-,46?/m1/s1. The Labute approximate surface area is 289 Å². The van der Waals surface area contributed by atoms with Gasteiger partial charge in [-0.25, -0.2) is 23.3 Å². The second kappa shape index (κ2) is 17.0. The highest BCUT2D eigenvalue weighted by Gasteiger charge is 2.45. The highest BCUT2D eigenvalue weighted by atomic mass is 32.2. The molecular weight excluding hydrogens is 690 g/mol. The number of aromatic nitrogens is 2. The van der Waals surface area contributed by atoms with Crippen molar-refractivity contribution < 1.29 is 46.4 Å². The fourth-order valence-corrected chi connectivity index (χ4v) is 7.63. The molecule has 14 nitrogen and oxygen atoms in total. The number of rotatable bonds is 12. The number of phosphoric acid groups is 1. The van der Waals surface area contributed by atoms with Gasteiger partial charge in [-0.15, -0.1) is 11.8 Å². The van der Waals surface area contributed by atoms with Crippen LogP contribution < -0.4 is 10.6 Å². The number of amides is 2. The number of hydrogen-bond acceptors (Lipinski definition) is 14. The number of alkyl halides is 1. The first-order valence-electron chi connectivity index (χ1n) is 15.2. The average molecular weight is 737 g/mol. The van der Waals surface area contributed by atoms with Crippen LogP contribution in [0.3, 0.4) is 0 Å². The first kappa shape index (κ1) is 41.7. The zero-order chi connectivity index (χ0) is 36.7. The summed E-state index contributed by atoms with van der Waals surface area (Å²) in [6.45, 7) is 15.9. The molecule has 5 atom stereocenters. The van der Waals surface area contributed by atoms with Gasteiger partial charge in [-0.1, -0.05) is 39.5 Å². The molecule has 1 saturated heterocycles. The molecule has 1 unspecified atom stereocenters. The van der Waals surface area contributed by atoms with E-state index in [4.69, 9.17) is 28.3 Å². The van der Waals surface area contributed by atoms with E-state index in [0.29, 0.717) is 4.90 Å². The predicted octanol–water partition coefficient (Wildman–Crippen LogP) is 6.89. The molecule has 0 N–H and O–H groups in total. The number of nitriles is 1. The summed E-state index contributed by atoms with van der Waals surface area (Å²) in [5.41, 5.74) is -3.49. The molecule has 270 valence electrons. The lowest BCUT2D eigenvalue weighted by Gasteiger charge is -2.28. The maximum absolute atomic E-state index is 15.6. The van der Waals surface area contributed by atoms with Crippen LogP contribution in [0.1, 0.15) is 81.0 Å². The molecule has 0 aliphatic carbocycles. The topological polar surface area (TPSA) is 176 Å². The lowest BCUT2D eigenvalue weighted by molar-refractivity contribution is -0.117. The summed E-state index contributed by atoms with van der Waals surface area (Å²) < 4.78 is 56.9. The van der Waals surface area contributed by atoms with Gasteiger partial charge in [-0.3, -0.25) is 22.9 Å². The minimum absolute atomic E-state index is 0.0800. The van der Waals surface area contributed by atoms with Crippen LogP contribution in [0, 0.1) is 22.7 Å². The third-order valence-electron chi connectivity index (χ3n) is 6.18. The van der Waals surface area contributed by atoms with Gasteiger partial charge in [0.2, 0.25) is 0 Å². The summed E-state index contributed by atoms with van der Waals surface area (Å²) in [4.78, 5) is 55.7. The van der Waals surface area contributed by atoms with Crippen molar-refractivity contribution in [1.82, 2.24) is 9.55 Å². The fraction of sp³-hybridized carbons (Fsp3) is 0.733. The number of nitrogens with zero attached hydrogens (tertiary/aromatic N) is 4. The zero-order valence-corrected chi connectivity index (χ0v) is 31.5. The quantitative estimate of drug-likeness (QED) is 0.160. The second-order valence-electron chi connectivity index (χ2n) is 13.8. The van der Waals surface area contributed by atoms with E-state index in [1.54, 1.807) is 69.2 Å². The Hall–Kier alpha value is -2.48. The summed E-state index contributed by atoms with van der Waals surface area (Å²) in [6, 6.07) is 3.07. The number of thioether (sulfide) groups is 2. The van der Waals surface area contributed by atoms with Gasteiger partial charge in [0.25, 0.3) is 0 Å². The fourth-order valence-electron chi connectivity index (χ4n) is 3.83. The SMILES string of the molecule is C[C@H]1[C@H](F)[C@H](n2ccc(N(C(=O)OC(C)(C)C)C(=O)OC(C)(C)C)nc2=O)S[C@@H]1COP(=O)(OCCC#N)OCCSC(=O)C(C)(C)C. The van der Waals surface area contributed by atoms with Crippen LogP contribution in [-0.2, 0) is 32.4 Å². The van der Waals surface area contributed by atoms with Crippen molar-refractivity contribution in [3.63, 3.8) is 0 Å². The maximum Gasteiger partial charge on any atom is 0.474 e. The van der Waals surface area contributed by atoms with Crippen molar-refractivity contribution in [1.29, 1.82) is 5.26 Å². The number of hydrogen-bond donors (Lipinski definition) is 0. The van der Waals surface area contributed by atoms with Gasteiger partial charge in [0.15, 0.2) is 10.9 Å². The van der Waals surface area contributed by atoms with Gasteiger partial charge < -0.3 is 9.47 Å². The molecule has 2 heterocycles. The monoisotopic (exact) mass is 736 g/mol. The molecule has 1 fully saturated rings. The Balaban J connectivity index is 2.22. The smallest absolute Gasteiger partial charge is 0.443 e. The highest BCUT2D eigenvalue weighted by Crippen LogP contribution is 2.53. The number of carbonyl (C=O) groups excluding carboxylic acids is 3. The molecule has 0 radical (unpaired) electrons. The highest BCUT2D eigenvalue weighted by molar-refractivity contribution is 8.13. The predicted molar refractivity (Wildman–Crippen MR) is 181 cm³/mol. The van der Waals surface area contributed by atoms with Crippen LogP contribution in [0.25, 0.3) is 0 Å². The molecule has 48 heavy (non-hydrogen) atoms. The molecule has 2 amide bonds. The van der Waals surface area contributed by atoms with Gasteiger partial charge in [0.05, 0.1) is 32.3 Å². The molecule has 1 aromatic rings. The summed E-state index contributed by atoms with van der Waals surface area (Å²) in [5, 5.41) is 7.08. The lowest BCUT2D eigenvalue weighted by atomic mass is 10.00. The largest absolute Gasteiger partial charge is 0.474 e. The Morgan fingerprint density at radius 3 is 2.10 bits per heavy atom. The van der Waals surface area contributed by atoms with E-state index in [1.807, 2.05) is 6.07 Å². The molecule has 2 rings (SSSR count). The summed E-state index contributed by atoms with van der Waals surface area (Å²) >= 11 is 2.04. The summed E-state index contributed by atoms with van der Waals surface area (Å²) in [6.07, 6.45) is -2.69. The Morgan fingerprint density at radius 2 is 1.60 bits per heavy atom. The van der Waals surface area contributed by atoms with E-state index < -0.39 is 65.0 Å². The van der Waals surface area contributed by atoms with Crippen molar-refractivity contribution >= 4 is 54.5 Å². The maximum atomic E-state index is 15.6. The first-order chi connectivity index (χ1) is 22.0. The number of phosphoric ester groups is 1. The lowest BCUT2D eigenvalue weighted by Crippen LogP contribution is -2.45. The normalized spacial score (nSPS) is 21.2. The molecule has 1 aliphatic rings. The molecule has 1 aliphatic heterocycles. The number of ether oxygens (including phenoxy) is 2. The van der Waals surface area contributed by atoms with Crippen molar-refractivity contribution in [2.45, 2.75) is 104 Å². The van der Waals surface area contributed by atoms with Crippen LogP contribution in [0.5, 0.6) is 0 Å². The second-order valence-corrected chi connectivity index (χ2v) is 17.9. The van der Waals surface area contributed by atoms with Crippen LogP contribution >= 0.6 is 31.3 Å². The summed E-state index contributed by atoms with van der Waals surface area (Å²) in [7, 11) is -4.20. The zero-order valence-electron chi connectivity index (χ0n) is 29.0. The van der Waals surface area contributed by atoms with Gasteiger partial charge in [-0.2, -0.15) is 15.1 Å². The molecule has 0 aromatic carbocycles. The van der Waals surface area contributed by atoms with E-state index in [0.717, 1.165) is 28.1 Å². The van der Waals surface area contributed by atoms with Gasteiger partial charge in [-0.05, 0) is 47.6 Å². The van der Waals surface area contributed by atoms with Crippen molar-refractivity contribution in [2.75, 3.05) is 30.5 Å². The van der Waals surface area contributed by atoms with E-state index in [1.165, 1.54) is 12.3 Å². The van der Waals surface area contributed by atoms with E-state index in [-0.39, 0.29) is 42.9 Å². The number of imide groups is 1. The molecule has 0 spiro atoms. The van der Waals surface area contributed by atoms with E-state index in [2.05, 4.69) is 4.98 Å². The van der Waals surface area contributed by atoms with Crippen LogP contribution in [-0.4, -0.2) is 75.1 Å². The average Bonchev–Trinajstić information content (AvgIpc) is 3.20. The molecule has 18 heteroatoms. The Kier molecular flexibility index (Phi) is 14.7. The Morgan fingerprint density at radius 1 is 1.04 bits per heavy atom. The first-order valence-corrected chi connectivity index (χ1v) is 18.6. The van der Waals surface area contributed by atoms with Gasteiger partial charge in [0.1, 0.15) is 22.7 Å². The number of halogens is 1. The van der Waals surface area contributed by atoms with Gasteiger partial charge >= 0.3 is 25.7 Å². The van der Waals surface area contributed by atoms with Gasteiger partial charge in [0, 0.05) is 28.5 Å². The number of anilines is 1. The van der Waals surface area contributed by atoms with E-state index >= 15 is 4.39 Å². The molecule has 0 bridgehead atoms. The van der Waals surface area contributed by atoms with Crippen LogP contribution in [0.15, 0.2) is 17.1 Å². The third-order valence-corrected chi connectivity index (χ3v) is 10.6. The Bertz CT molecular complexity index is 1420. The van der Waals surface area contributed by atoms with Crippen molar-refractivity contribution in [3.05, 3.63) is 22.7 Å². The van der Waals surface area contributed by atoms with Crippen molar-refractivity contribution in [2.24, 2.45) is 11.3 Å². The van der Waals surface area contributed by atoms with E-state index in [9.17, 15) is 23.7 Å². The van der Waals surface area contributed by atoms with Crippen LogP contribution in [0.2, 0.25) is 0 Å². The summed E-state index contributed by atoms with van der Waals surface area (Å²) in [5.74, 6) is -0.889. The number of carbonyl (C=O) groups is 3. The molecule has 0 saturated carbocycles. The third kappa shape index (κ3) is 12.8. The molecular formula is C30H46FN4O10PS2. The van der Waals surface area contributed by atoms with Crippen molar-refractivity contribution in [3.8, 4) is 6.07 Å². The minimum atomic E-state index is -4.20.